The lowest BCUT2D eigenvalue weighted by Gasteiger charge is -2.39. The number of fused-ring (bicyclic) bond motifs is 2. The molecule has 1 aliphatic carbocycles. The molecule has 2 aliphatic heterocycles. The van der Waals surface area contributed by atoms with E-state index >= 15 is 0 Å². The van der Waals surface area contributed by atoms with Crippen LogP contribution in [0.3, 0.4) is 0 Å². The van der Waals surface area contributed by atoms with Crippen LogP contribution in [0.5, 0.6) is 0 Å². The van der Waals surface area contributed by atoms with Crippen molar-refractivity contribution in [1.82, 2.24) is 24.7 Å². The first-order valence-corrected chi connectivity index (χ1v) is 14.7. The zero-order chi connectivity index (χ0) is 31.9. The monoisotopic (exact) mass is 631 g/mol. The number of halogens is 3. The molecule has 6 rings (SSSR count). The van der Waals surface area contributed by atoms with E-state index in [0.717, 1.165) is 15.9 Å². The molecule has 15 heteroatoms. The third-order valence-electron chi connectivity index (χ3n) is 9.00. The van der Waals surface area contributed by atoms with Crippen LogP contribution in [0, 0.1) is 24.2 Å². The van der Waals surface area contributed by atoms with Crippen LogP contribution in [0.25, 0.3) is 21.5 Å². The number of piperazine rings is 1. The van der Waals surface area contributed by atoms with Gasteiger partial charge >= 0.3 is 18.4 Å². The van der Waals surface area contributed by atoms with E-state index in [2.05, 4.69) is 9.97 Å². The third kappa shape index (κ3) is 4.82. The van der Waals surface area contributed by atoms with E-state index < -0.39 is 30.1 Å². The minimum absolute atomic E-state index is 0.0176. The summed E-state index contributed by atoms with van der Waals surface area (Å²) in [5, 5.41) is 19.3. The maximum absolute atomic E-state index is 14.0. The summed E-state index contributed by atoms with van der Waals surface area (Å²) in [6.07, 6.45) is -5.91. The van der Waals surface area contributed by atoms with Crippen LogP contribution < -0.4 is 0 Å². The molecule has 3 aliphatic rings. The fourth-order valence-corrected chi connectivity index (χ4v) is 7.70. The van der Waals surface area contributed by atoms with E-state index in [1.807, 2.05) is 13.8 Å². The number of aryl methyl sites for hydroxylation is 1. The number of piperidine rings is 1. The number of carbonyl (C=O) groups excluding carboxylic acids is 2. The van der Waals surface area contributed by atoms with Crippen molar-refractivity contribution in [2.75, 3.05) is 19.6 Å². The number of amides is 4. The molecule has 3 unspecified atom stereocenters. The molecule has 0 spiro atoms. The first-order chi connectivity index (χ1) is 20.6. The molecular formula is C29H28F3N5O6S. The molecule has 3 aromatic rings. The molecule has 2 saturated heterocycles. The predicted octanol–water partition coefficient (Wildman–Crippen LogP) is 4.71. The Kier molecular flexibility index (Phi) is 6.87. The fraction of sp³-hybridized carbons (Fsp3) is 0.448. The molecule has 3 fully saturated rings. The van der Waals surface area contributed by atoms with E-state index in [4.69, 9.17) is 0 Å². The van der Waals surface area contributed by atoms with Gasteiger partial charge in [-0.1, -0.05) is 13.8 Å². The summed E-state index contributed by atoms with van der Waals surface area (Å²) in [5.74, 6) is -1.17. The molecule has 1 saturated carbocycles. The van der Waals surface area contributed by atoms with Crippen molar-refractivity contribution in [3.8, 4) is 11.3 Å². The van der Waals surface area contributed by atoms with Crippen molar-refractivity contribution in [3.63, 3.8) is 0 Å². The molecule has 2 N–H and O–H groups in total. The Hall–Kier alpha value is -4.27. The van der Waals surface area contributed by atoms with Crippen molar-refractivity contribution in [2.45, 2.75) is 46.0 Å². The van der Waals surface area contributed by atoms with Crippen molar-refractivity contribution in [1.29, 1.82) is 0 Å². The van der Waals surface area contributed by atoms with E-state index in [-0.39, 0.29) is 72.9 Å². The first kappa shape index (κ1) is 29.8. The lowest BCUT2D eigenvalue weighted by molar-refractivity contribution is -0.144. The second-order valence-electron chi connectivity index (χ2n) is 12.0. The number of aromatic nitrogens is 2. The topological polar surface area (TPSA) is 144 Å². The van der Waals surface area contributed by atoms with Gasteiger partial charge in [-0.15, -0.1) is 11.3 Å². The molecule has 11 nitrogen and oxygen atoms in total. The Bertz CT molecular complexity index is 1720. The van der Waals surface area contributed by atoms with Gasteiger partial charge in [-0.3, -0.25) is 19.5 Å². The van der Waals surface area contributed by atoms with Crippen LogP contribution in [-0.4, -0.2) is 84.6 Å². The first-order valence-electron chi connectivity index (χ1n) is 13.9. The van der Waals surface area contributed by atoms with Gasteiger partial charge in [-0.25, -0.2) is 14.6 Å². The predicted molar refractivity (Wildman–Crippen MR) is 151 cm³/mol. The van der Waals surface area contributed by atoms with Gasteiger partial charge in [0.05, 0.1) is 40.3 Å². The van der Waals surface area contributed by atoms with Crippen molar-refractivity contribution < 1.29 is 42.6 Å². The zero-order valence-electron chi connectivity index (χ0n) is 23.9. The van der Waals surface area contributed by atoms with Crippen molar-refractivity contribution >= 4 is 45.6 Å². The smallest absolute Gasteiger partial charge is 0.433 e. The minimum Gasteiger partial charge on any atom is -0.465 e. The summed E-state index contributed by atoms with van der Waals surface area (Å²) < 4.78 is 42.4. The summed E-state index contributed by atoms with van der Waals surface area (Å²) in [7, 11) is 0. The number of pyridine rings is 2. The highest BCUT2D eigenvalue weighted by molar-refractivity contribution is 7.19. The lowest BCUT2D eigenvalue weighted by Crippen LogP contribution is -2.56. The summed E-state index contributed by atoms with van der Waals surface area (Å²) in [4.78, 5) is 61.9. The fourth-order valence-electron chi connectivity index (χ4n) is 6.58. The summed E-state index contributed by atoms with van der Waals surface area (Å²) in [6, 6.07) is 3.25. The van der Waals surface area contributed by atoms with Crippen LogP contribution >= 0.6 is 11.3 Å². The van der Waals surface area contributed by atoms with Gasteiger partial charge in [-0.2, -0.15) is 13.2 Å². The number of rotatable bonds is 5. The van der Waals surface area contributed by atoms with E-state index in [9.17, 15) is 42.6 Å². The summed E-state index contributed by atoms with van der Waals surface area (Å²) >= 11 is 1.19. The normalized spacial score (nSPS) is 23.0. The van der Waals surface area contributed by atoms with Crippen LogP contribution in [0.1, 0.15) is 35.5 Å². The molecule has 0 aromatic carbocycles. The highest BCUT2D eigenvalue weighted by atomic mass is 32.1. The van der Waals surface area contributed by atoms with E-state index in [1.54, 1.807) is 6.07 Å². The molecular weight excluding hydrogens is 603 g/mol. The van der Waals surface area contributed by atoms with Gasteiger partial charge in [-0.05, 0) is 48.1 Å². The van der Waals surface area contributed by atoms with Gasteiger partial charge in [0, 0.05) is 36.3 Å². The number of thiophene rings is 1. The maximum atomic E-state index is 14.0. The van der Waals surface area contributed by atoms with Crippen LogP contribution in [0.4, 0.5) is 22.8 Å². The minimum atomic E-state index is -4.77. The van der Waals surface area contributed by atoms with Crippen LogP contribution in [0.2, 0.25) is 0 Å². The van der Waals surface area contributed by atoms with E-state index in [1.165, 1.54) is 35.4 Å². The number of nitrogens with zero attached hydrogens (tertiary/aromatic N) is 5. The lowest BCUT2D eigenvalue weighted by atomic mass is 9.93. The number of hydrogen-bond donors (Lipinski definition) is 2. The summed E-state index contributed by atoms with van der Waals surface area (Å²) in [6.45, 7) is 4.99. The number of carboxylic acid groups (broad SMARTS) is 2. The number of alkyl halides is 3. The van der Waals surface area contributed by atoms with Gasteiger partial charge in [0.2, 0.25) is 11.8 Å². The average Bonchev–Trinajstić information content (AvgIpc) is 3.18. The third-order valence-corrected chi connectivity index (χ3v) is 10.1. The van der Waals surface area contributed by atoms with Crippen LogP contribution in [-0.2, 0) is 28.7 Å². The van der Waals surface area contributed by atoms with Crippen LogP contribution in [0.15, 0.2) is 24.4 Å². The molecule has 4 amide bonds. The van der Waals surface area contributed by atoms with Gasteiger partial charge in [0.15, 0.2) is 0 Å². The van der Waals surface area contributed by atoms with Gasteiger partial charge < -0.3 is 20.0 Å². The molecule has 232 valence electrons. The Morgan fingerprint density at radius 3 is 2.39 bits per heavy atom. The number of carbonyl (C=O) groups is 4. The SMILES string of the molecule is Cc1cc(C(F)(F)F)nc(-c2ccnc3cc(CN4C(=O)C5C(C4=O)C5(C)C)sc23)c1CC1CN(C(=O)O)CCN1C(=O)O. The Morgan fingerprint density at radius 2 is 1.77 bits per heavy atom. The van der Waals surface area contributed by atoms with Gasteiger partial charge in [0.1, 0.15) is 5.69 Å². The molecule has 0 bridgehead atoms. The molecule has 3 aromatic heterocycles. The zero-order valence-corrected chi connectivity index (χ0v) is 24.7. The van der Waals surface area contributed by atoms with Crippen molar-refractivity contribution in [2.24, 2.45) is 17.3 Å². The Morgan fingerprint density at radius 1 is 1.09 bits per heavy atom. The average molecular weight is 632 g/mol. The quantitative estimate of drug-likeness (QED) is 0.386. The largest absolute Gasteiger partial charge is 0.465 e. The summed E-state index contributed by atoms with van der Waals surface area (Å²) in [5.41, 5.74) is -0.182. The number of hydrogen-bond acceptors (Lipinski definition) is 7. The van der Waals surface area contributed by atoms with Crippen molar-refractivity contribution in [3.05, 3.63) is 46.1 Å². The molecule has 3 atom stereocenters. The number of likely N-dealkylation sites (tertiary alicyclic amines) is 1. The second kappa shape index (κ2) is 10.1. The standard InChI is InChI=1S/C29H28F3N5O6S/c1-13-8-19(29(30,31)32)34-22(17(13)9-14-11-35(26(40)41)6-7-36(14)27(42)43)16-4-5-33-18-10-15(44-23(16)18)12-37-24(38)20-21(25(37)39)28(20,2)3/h4-5,8,10,14,20-21H,6-7,9,11-12H2,1-3H3,(H,40,41)(H,42,43). The Labute approximate surface area is 252 Å². The highest BCUT2D eigenvalue weighted by Gasteiger charge is 2.72. The highest BCUT2D eigenvalue weighted by Crippen LogP contribution is 2.63. The van der Waals surface area contributed by atoms with E-state index in [0.29, 0.717) is 26.2 Å². The molecule has 44 heavy (non-hydrogen) atoms. The second-order valence-corrected chi connectivity index (χ2v) is 13.2. The molecule has 0 radical (unpaired) electrons. The number of imide groups is 1. The van der Waals surface area contributed by atoms with Gasteiger partial charge in [0.25, 0.3) is 0 Å². The Balaban J connectivity index is 1.41. The molecule has 5 heterocycles. The maximum Gasteiger partial charge on any atom is 0.433 e.